The number of hydrogen-bond acceptors (Lipinski definition) is 2. The van der Waals surface area contributed by atoms with Crippen molar-refractivity contribution in [2.45, 2.75) is 26.4 Å². The van der Waals surface area contributed by atoms with Crippen LogP contribution in [0.5, 0.6) is 5.75 Å². The standard InChI is InChI=1S/C13H16F3NOS/c1-8(2)5-6-18-9-3-4-11(13(14,15)16)10(7-9)12(17)19/h3-4,7-8H,5-6H2,1-2H3,(H2,17,19). The molecular weight excluding hydrogens is 275 g/mol. The van der Waals surface area contributed by atoms with E-state index in [1.54, 1.807) is 0 Å². The number of ether oxygens (including phenoxy) is 1. The van der Waals surface area contributed by atoms with Gasteiger partial charge >= 0.3 is 6.18 Å². The molecule has 0 aromatic heterocycles. The molecule has 0 aliphatic heterocycles. The Kier molecular flexibility index (Phi) is 5.17. The molecule has 0 spiro atoms. The zero-order valence-corrected chi connectivity index (χ0v) is 11.6. The van der Waals surface area contributed by atoms with E-state index in [2.05, 4.69) is 12.2 Å². The van der Waals surface area contributed by atoms with Crippen LogP contribution in [0.25, 0.3) is 0 Å². The molecule has 1 rings (SSSR count). The van der Waals surface area contributed by atoms with Crippen LogP contribution in [0.15, 0.2) is 18.2 Å². The van der Waals surface area contributed by atoms with Crippen molar-refractivity contribution >= 4 is 17.2 Å². The molecule has 2 N–H and O–H groups in total. The molecule has 0 saturated carbocycles. The zero-order chi connectivity index (χ0) is 14.6. The number of benzene rings is 1. The van der Waals surface area contributed by atoms with E-state index >= 15 is 0 Å². The van der Waals surface area contributed by atoms with E-state index < -0.39 is 11.7 Å². The van der Waals surface area contributed by atoms with Crippen LogP contribution in [0.2, 0.25) is 0 Å². The van der Waals surface area contributed by atoms with Crippen molar-refractivity contribution in [3.8, 4) is 5.75 Å². The van der Waals surface area contributed by atoms with Gasteiger partial charge in [0.25, 0.3) is 0 Å². The minimum Gasteiger partial charge on any atom is -0.494 e. The van der Waals surface area contributed by atoms with E-state index in [4.69, 9.17) is 10.5 Å². The van der Waals surface area contributed by atoms with Crippen molar-refractivity contribution in [3.63, 3.8) is 0 Å². The van der Waals surface area contributed by atoms with E-state index in [0.717, 1.165) is 12.5 Å². The van der Waals surface area contributed by atoms with E-state index in [9.17, 15) is 13.2 Å². The summed E-state index contributed by atoms with van der Waals surface area (Å²) < 4.78 is 43.6. The number of hydrogen-bond donors (Lipinski definition) is 1. The third kappa shape index (κ3) is 4.70. The van der Waals surface area contributed by atoms with Gasteiger partial charge in [-0.3, -0.25) is 0 Å². The smallest absolute Gasteiger partial charge is 0.417 e. The second kappa shape index (κ2) is 6.23. The lowest BCUT2D eigenvalue weighted by atomic mass is 10.1. The maximum Gasteiger partial charge on any atom is 0.417 e. The fourth-order valence-electron chi connectivity index (χ4n) is 1.48. The predicted molar refractivity (Wildman–Crippen MR) is 72.3 cm³/mol. The van der Waals surface area contributed by atoms with Crippen molar-refractivity contribution in [2.75, 3.05) is 6.61 Å². The molecule has 0 atom stereocenters. The summed E-state index contributed by atoms with van der Waals surface area (Å²) in [4.78, 5) is -0.290. The summed E-state index contributed by atoms with van der Waals surface area (Å²) >= 11 is 4.65. The Bertz CT molecular complexity index is 458. The lowest BCUT2D eigenvalue weighted by Crippen LogP contribution is -2.18. The first kappa shape index (κ1) is 15.8. The van der Waals surface area contributed by atoms with Gasteiger partial charge in [0.1, 0.15) is 10.7 Å². The van der Waals surface area contributed by atoms with E-state index in [0.29, 0.717) is 18.3 Å². The Balaban J connectivity index is 2.94. The molecule has 2 nitrogen and oxygen atoms in total. The highest BCUT2D eigenvalue weighted by Gasteiger charge is 2.34. The van der Waals surface area contributed by atoms with Crippen LogP contribution < -0.4 is 10.5 Å². The zero-order valence-electron chi connectivity index (χ0n) is 10.8. The molecule has 1 aromatic rings. The van der Waals surface area contributed by atoms with Gasteiger partial charge in [-0.25, -0.2) is 0 Å². The second-order valence-electron chi connectivity index (χ2n) is 4.60. The predicted octanol–water partition coefficient (Wildman–Crippen LogP) is 3.76. The van der Waals surface area contributed by atoms with Gasteiger partial charge in [0.2, 0.25) is 0 Å². The fraction of sp³-hybridized carbons (Fsp3) is 0.462. The summed E-state index contributed by atoms with van der Waals surface area (Å²) in [5.74, 6) is 0.806. The molecular formula is C13H16F3NOS. The Labute approximate surface area is 115 Å². The first-order valence-corrected chi connectivity index (χ1v) is 6.26. The van der Waals surface area contributed by atoms with Crippen molar-refractivity contribution < 1.29 is 17.9 Å². The van der Waals surface area contributed by atoms with E-state index in [1.807, 2.05) is 13.8 Å². The maximum atomic E-state index is 12.7. The lowest BCUT2D eigenvalue weighted by Gasteiger charge is -2.14. The van der Waals surface area contributed by atoms with Crippen molar-refractivity contribution in [1.29, 1.82) is 0 Å². The highest BCUT2D eigenvalue weighted by Crippen LogP contribution is 2.33. The van der Waals surface area contributed by atoms with Crippen LogP contribution in [0, 0.1) is 5.92 Å². The molecule has 6 heteroatoms. The van der Waals surface area contributed by atoms with Crippen molar-refractivity contribution in [2.24, 2.45) is 11.7 Å². The van der Waals surface area contributed by atoms with Gasteiger partial charge in [0, 0.05) is 5.56 Å². The molecule has 0 bridgehead atoms. The molecule has 19 heavy (non-hydrogen) atoms. The molecule has 0 fully saturated rings. The largest absolute Gasteiger partial charge is 0.494 e. The molecule has 0 aliphatic rings. The topological polar surface area (TPSA) is 35.2 Å². The molecule has 0 unspecified atom stereocenters. The molecule has 0 heterocycles. The summed E-state index contributed by atoms with van der Waals surface area (Å²) in [6.07, 6.45) is -3.65. The number of thiocarbonyl (C=S) groups is 1. The monoisotopic (exact) mass is 291 g/mol. The minimum absolute atomic E-state index is 0.204. The number of halogens is 3. The summed E-state index contributed by atoms with van der Waals surface area (Å²) in [6, 6.07) is 3.47. The Morgan fingerprint density at radius 1 is 1.37 bits per heavy atom. The SMILES string of the molecule is CC(C)CCOc1ccc(C(F)(F)F)c(C(N)=S)c1. The fourth-order valence-corrected chi connectivity index (χ4v) is 1.65. The number of nitrogens with two attached hydrogens (primary N) is 1. The molecule has 106 valence electrons. The molecule has 1 aromatic carbocycles. The quantitative estimate of drug-likeness (QED) is 0.839. The first-order chi connectivity index (χ1) is 8.71. The minimum atomic E-state index is -4.48. The van der Waals surface area contributed by atoms with Crippen LogP contribution in [-0.2, 0) is 6.18 Å². The average molecular weight is 291 g/mol. The van der Waals surface area contributed by atoms with Crippen molar-refractivity contribution in [1.82, 2.24) is 0 Å². The molecule has 0 radical (unpaired) electrons. The third-order valence-corrected chi connectivity index (χ3v) is 2.75. The molecule has 0 saturated heterocycles. The van der Waals surface area contributed by atoms with Crippen LogP contribution in [-0.4, -0.2) is 11.6 Å². The summed E-state index contributed by atoms with van der Waals surface area (Å²) in [5, 5.41) is 0. The summed E-state index contributed by atoms with van der Waals surface area (Å²) in [7, 11) is 0. The van der Waals surface area contributed by atoms with Gasteiger partial charge in [0.15, 0.2) is 0 Å². The van der Waals surface area contributed by atoms with Gasteiger partial charge in [0.05, 0.1) is 12.2 Å². The third-order valence-electron chi connectivity index (χ3n) is 2.53. The van der Waals surface area contributed by atoms with Gasteiger partial charge in [-0.15, -0.1) is 0 Å². The second-order valence-corrected chi connectivity index (χ2v) is 5.04. The number of rotatable bonds is 5. The summed E-state index contributed by atoms with van der Waals surface area (Å²) in [5.41, 5.74) is 4.29. The Morgan fingerprint density at radius 3 is 2.47 bits per heavy atom. The van der Waals surface area contributed by atoms with Crippen LogP contribution in [0.4, 0.5) is 13.2 Å². The van der Waals surface area contributed by atoms with Crippen LogP contribution in [0.1, 0.15) is 31.4 Å². The average Bonchev–Trinajstić information content (AvgIpc) is 2.26. The highest BCUT2D eigenvalue weighted by atomic mass is 32.1. The lowest BCUT2D eigenvalue weighted by molar-refractivity contribution is -0.137. The molecule has 0 amide bonds. The highest BCUT2D eigenvalue weighted by molar-refractivity contribution is 7.80. The van der Waals surface area contributed by atoms with Gasteiger partial charge in [-0.1, -0.05) is 26.1 Å². The maximum absolute atomic E-state index is 12.7. The van der Waals surface area contributed by atoms with Gasteiger partial charge in [-0.2, -0.15) is 13.2 Å². The van der Waals surface area contributed by atoms with Gasteiger partial charge < -0.3 is 10.5 Å². The van der Waals surface area contributed by atoms with E-state index in [1.165, 1.54) is 12.1 Å². The summed E-state index contributed by atoms with van der Waals surface area (Å²) in [6.45, 7) is 4.52. The number of alkyl halides is 3. The van der Waals surface area contributed by atoms with Crippen LogP contribution >= 0.6 is 12.2 Å². The Hall–Kier alpha value is -1.30. The normalized spacial score (nSPS) is 11.7. The Morgan fingerprint density at radius 2 is 2.00 bits per heavy atom. The van der Waals surface area contributed by atoms with Crippen LogP contribution in [0.3, 0.4) is 0 Å². The first-order valence-electron chi connectivity index (χ1n) is 5.85. The van der Waals surface area contributed by atoms with Crippen molar-refractivity contribution in [3.05, 3.63) is 29.3 Å². The molecule has 0 aliphatic carbocycles. The van der Waals surface area contributed by atoms with Gasteiger partial charge in [-0.05, 0) is 30.5 Å². The van der Waals surface area contributed by atoms with E-state index in [-0.39, 0.29) is 10.6 Å².